The van der Waals surface area contributed by atoms with E-state index in [-0.39, 0.29) is 5.41 Å². The molecule has 3 aliphatic rings. The van der Waals surface area contributed by atoms with Crippen molar-refractivity contribution in [2.45, 2.75) is 57.7 Å². The Morgan fingerprint density at radius 3 is 2.41 bits per heavy atom. The number of carboxylic acids is 1. The van der Waals surface area contributed by atoms with Gasteiger partial charge in [-0.15, -0.1) is 0 Å². The average Bonchev–Trinajstić information content (AvgIpc) is 2.76. The highest BCUT2D eigenvalue weighted by molar-refractivity contribution is 6.29. The maximum atomic E-state index is 12.9. The van der Waals surface area contributed by atoms with Gasteiger partial charge >= 0.3 is 12.1 Å². The lowest BCUT2D eigenvalue weighted by atomic mass is 9.71. The molecule has 0 radical (unpaired) electrons. The van der Waals surface area contributed by atoms with Crippen LogP contribution in [-0.4, -0.2) is 69.1 Å². The monoisotopic (exact) mass is 476 g/mol. The van der Waals surface area contributed by atoms with Crippen LogP contribution in [0.2, 0.25) is 5.15 Å². The molecule has 1 saturated carbocycles. The number of alkyl halides is 3. The number of carboxylic acid groups (broad SMARTS) is 1. The van der Waals surface area contributed by atoms with Gasteiger partial charge in [-0.25, -0.2) is 9.78 Å². The zero-order chi connectivity index (χ0) is 23.4. The molecule has 1 aromatic heterocycles. The van der Waals surface area contributed by atoms with Crippen LogP contribution in [0.15, 0.2) is 12.4 Å². The second-order valence-electron chi connectivity index (χ2n) is 8.92. The van der Waals surface area contributed by atoms with E-state index < -0.39 is 12.1 Å². The van der Waals surface area contributed by atoms with E-state index in [2.05, 4.69) is 19.8 Å². The number of hydrogen-bond donors (Lipinski definition) is 1. The van der Waals surface area contributed by atoms with Gasteiger partial charge in [-0.3, -0.25) is 14.7 Å². The highest BCUT2D eigenvalue weighted by Crippen LogP contribution is 2.41. The van der Waals surface area contributed by atoms with Crippen molar-refractivity contribution in [2.75, 3.05) is 26.2 Å². The number of amides is 1. The summed E-state index contributed by atoms with van der Waals surface area (Å²) in [6.45, 7) is 4.58. The van der Waals surface area contributed by atoms with Crippen molar-refractivity contribution in [1.29, 1.82) is 0 Å². The average molecular weight is 477 g/mol. The van der Waals surface area contributed by atoms with Crippen LogP contribution in [0.5, 0.6) is 0 Å². The molecule has 1 unspecified atom stereocenters. The van der Waals surface area contributed by atoms with Gasteiger partial charge in [-0.1, -0.05) is 30.9 Å². The standard InChI is InChI=1S/C19H27ClN4O.C2HF3O2/c20-17-10-21-16(9-22-17)12-23-8-4-7-19(13-23)14-24(18(19)25)11-15-5-2-1-3-6-15;3-2(4,5)1(6)7/h9-10,15H,1-8,11-14H2;(H,6,7). The predicted octanol–water partition coefficient (Wildman–Crippen LogP) is 3.77. The van der Waals surface area contributed by atoms with E-state index in [0.717, 1.165) is 57.2 Å². The molecule has 2 saturated heterocycles. The third kappa shape index (κ3) is 6.31. The normalized spacial score (nSPS) is 24.6. The third-order valence-corrected chi connectivity index (χ3v) is 6.59. The van der Waals surface area contributed by atoms with Crippen molar-refractivity contribution < 1.29 is 27.9 Å². The summed E-state index contributed by atoms with van der Waals surface area (Å²) in [7, 11) is 0. The molecule has 0 bridgehead atoms. The highest BCUT2D eigenvalue weighted by atomic mass is 35.5. The van der Waals surface area contributed by atoms with E-state index in [1.807, 2.05) is 0 Å². The summed E-state index contributed by atoms with van der Waals surface area (Å²) >= 11 is 5.81. The number of β-lactam (4-membered cyclic amide) rings is 1. The van der Waals surface area contributed by atoms with Gasteiger partial charge in [0.05, 0.1) is 23.5 Å². The molecule has 1 N–H and O–H groups in total. The lowest BCUT2D eigenvalue weighted by Crippen LogP contribution is -2.67. The molecule has 3 fully saturated rings. The number of halogens is 4. The molecule has 0 aromatic carbocycles. The predicted molar refractivity (Wildman–Crippen MR) is 111 cm³/mol. The summed E-state index contributed by atoms with van der Waals surface area (Å²) in [5, 5.41) is 7.55. The molecule has 1 aromatic rings. The molecule has 7 nitrogen and oxygen atoms in total. The van der Waals surface area contributed by atoms with Gasteiger partial charge in [0.2, 0.25) is 5.91 Å². The molecular formula is C21H28ClF3N4O3. The summed E-state index contributed by atoms with van der Waals surface area (Å²) in [5.41, 5.74) is 0.791. The molecule has 178 valence electrons. The Labute approximate surface area is 189 Å². The number of aromatic nitrogens is 2. The fourth-order valence-corrected chi connectivity index (χ4v) is 4.99. The molecule has 1 spiro atoms. The number of carbonyl (C=O) groups is 2. The number of carbonyl (C=O) groups excluding carboxylic acids is 1. The van der Waals surface area contributed by atoms with Crippen molar-refractivity contribution in [1.82, 2.24) is 19.8 Å². The van der Waals surface area contributed by atoms with Crippen LogP contribution in [0.25, 0.3) is 0 Å². The lowest BCUT2D eigenvalue weighted by molar-refractivity contribution is -0.192. The molecule has 1 amide bonds. The van der Waals surface area contributed by atoms with E-state index in [1.165, 1.54) is 32.1 Å². The second kappa shape index (κ2) is 10.3. The van der Waals surface area contributed by atoms with E-state index in [1.54, 1.807) is 12.4 Å². The maximum absolute atomic E-state index is 12.9. The first-order chi connectivity index (χ1) is 15.1. The van der Waals surface area contributed by atoms with Gasteiger partial charge in [0, 0.05) is 26.2 Å². The number of piperidine rings is 1. The molecule has 4 rings (SSSR count). The second-order valence-corrected chi connectivity index (χ2v) is 9.30. The summed E-state index contributed by atoms with van der Waals surface area (Å²) in [6.07, 6.45) is 7.03. The van der Waals surface area contributed by atoms with Crippen molar-refractivity contribution in [3.8, 4) is 0 Å². The summed E-state index contributed by atoms with van der Waals surface area (Å²) in [5.74, 6) is -1.63. The number of rotatable bonds is 4. The molecule has 2 aliphatic heterocycles. The largest absolute Gasteiger partial charge is 0.490 e. The van der Waals surface area contributed by atoms with Crippen LogP contribution >= 0.6 is 11.6 Å². The van der Waals surface area contributed by atoms with Gasteiger partial charge in [0.25, 0.3) is 0 Å². The Kier molecular flexibility index (Phi) is 7.97. The summed E-state index contributed by atoms with van der Waals surface area (Å²) in [6, 6.07) is 0. The fraction of sp³-hybridized carbons (Fsp3) is 0.714. The van der Waals surface area contributed by atoms with Crippen molar-refractivity contribution >= 4 is 23.5 Å². The zero-order valence-electron chi connectivity index (χ0n) is 17.8. The minimum Gasteiger partial charge on any atom is -0.475 e. The van der Waals surface area contributed by atoms with Gasteiger partial charge in [0.1, 0.15) is 5.15 Å². The van der Waals surface area contributed by atoms with E-state index in [9.17, 15) is 18.0 Å². The smallest absolute Gasteiger partial charge is 0.475 e. The Balaban J connectivity index is 0.000000360. The van der Waals surface area contributed by atoms with Crippen LogP contribution in [0.4, 0.5) is 13.2 Å². The van der Waals surface area contributed by atoms with Gasteiger partial charge in [-0.05, 0) is 38.1 Å². The van der Waals surface area contributed by atoms with Crippen molar-refractivity contribution in [2.24, 2.45) is 11.3 Å². The van der Waals surface area contributed by atoms with Crippen LogP contribution in [0.3, 0.4) is 0 Å². The Hall–Kier alpha value is -1.94. The maximum Gasteiger partial charge on any atom is 0.490 e. The van der Waals surface area contributed by atoms with Gasteiger partial charge < -0.3 is 10.0 Å². The molecule has 32 heavy (non-hydrogen) atoms. The first-order valence-corrected chi connectivity index (χ1v) is 11.3. The SMILES string of the molecule is O=C(O)C(F)(F)F.O=C1N(CC2CCCCC2)CC12CCCN(Cc1cnc(Cl)cn1)C2. The minimum atomic E-state index is -5.08. The number of nitrogens with zero attached hydrogens (tertiary/aromatic N) is 4. The minimum absolute atomic E-state index is 0.132. The highest BCUT2D eigenvalue weighted by Gasteiger charge is 2.53. The van der Waals surface area contributed by atoms with Crippen LogP contribution in [0, 0.1) is 11.3 Å². The topological polar surface area (TPSA) is 86.6 Å². The molecule has 3 heterocycles. The first kappa shape index (κ1) is 24.7. The molecule has 1 aliphatic carbocycles. The fourth-order valence-electron chi connectivity index (χ4n) is 4.89. The zero-order valence-corrected chi connectivity index (χ0v) is 18.5. The number of likely N-dealkylation sites (tertiary alicyclic amines) is 2. The Bertz CT molecular complexity index is 802. The van der Waals surface area contributed by atoms with E-state index in [4.69, 9.17) is 21.5 Å². The molecule has 11 heteroatoms. The van der Waals surface area contributed by atoms with Crippen molar-refractivity contribution in [3.63, 3.8) is 0 Å². The number of aliphatic carboxylic acids is 1. The van der Waals surface area contributed by atoms with Gasteiger partial charge in [-0.2, -0.15) is 13.2 Å². The van der Waals surface area contributed by atoms with Crippen LogP contribution in [0.1, 0.15) is 50.6 Å². The molecular weight excluding hydrogens is 449 g/mol. The van der Waals surface area contributed by atoms with Crippen molar-refractivity contribution in [3.05, 3.63) is 23.2 Å². The van der Waals surface area contributed by atoms with E-state index >= 15 is 0 Å². The molecule has 1 atom stereocenters. The van der Waals surface area contributed by atoms with E-state index in [0.29, 0.717) is 11.1 Å². The first-order valence-electron chi connectivity index (χ1n) is 10.9. The Morgan fingerprint density at radius 1 is 1.16 bits per heavy atom. The quantitative estimate of drug-likeness (QED) is 0.666. The van der Waals surface area contributed by atoms with Crippen LogP contribution in [-0.2, 0) is 16.1 Å². The lowest BCUT2D eigenvalue weighted by Gasteiger charge is -2.54. The van der Waals surface area contributed by atoms with Gasteiger partial charge in [0.15, 0.2) is 0 Å². The summed E-state index contributed by atoms with van der Waals surface area (Å²) in [4.78, 5) is 34.7. The third-order valence-electron chi connectivity index (χ3n) is 6.40. The summed E-state index contributed by atoms with van der Waals surface area (Å²) < 4.78 is 31.7. The number of hydrogen-bond acceptors (Lipinski definition) is 5. The van der Waals surface area contributed by atoms with Crippen LogP contribution < -0.4 is 0 Å². The Morgan fingerprint density at radius 2 is 1.84 bits per heavy atom.